The van der Waals surface area contributed by atoms with Gasteiger partial charge in [-0.2, -0.15) is 0 Å². The predicted molar refractivity (Wildman–Crippen MR) is 64.7 cm³/mol. The maximum absolute atomic E-state index is 11.5. The fourth-order valence-electron chi connectivity index (χ4n) is 1.12. The molecule has 0 saturated heterocycles. The molecule has 17 heavy (non-hydrogen) atoms. The zero-order chi connectivity index (χ0) is 12.8. The van der Waals surface area contributed by atoms with Crippen molar-refractivity contribution >= 4 is 29.0 Å². The molecule has 0 spiro atoms. The van der Waals surface area contributed by atoms with Gasteiger partial charge in [0.1, 0.15) is 11.6 Å². The van der Waals surface area contributed by atoms with Gasteiger partial charge in [-0.1, -0.05) is 16.8 Å². The lowest BCUT2D eigenvalue weighted by atomic mass is 10.3. The molecule has 0 radical (unpaired) electrons. The number of ether oxygens (including phenoxy) is 1. The monoisotopic (exact) mass is 257 g/mol. The van der Waals surface area contributed by atoms with Crippen molar-refractivity contribution in [2.45, 2.75) is 6.42 Å². The van der Waals surface area contributed by atoms with Crippen molar-refractivity contribution in [1.29, 1.82) is 0 Å². The summed E-state index contributed by atoms with van der Waals surface area (Å²) in [5, 5.41) is 13.9. The Morgan fingerprint density at radius 1 is 1.65 bits per heavy atom. The number of anilines is 1. The van der Waals surface area contributed by atoms with E-state index < -0.39 is 5.91 Å². The van der Waals surface area contributed by atoms with E-state index in [1.54, 1.807) is 18.2 Å². The summed E-state index contributed by atoms with van der Waals surface area (Å²) in [6.07, 6.45) is -0.218. The van der Waals surface area contributed by atoms with Gasteiger partial charge in [-0.15, -0.1) is 0 Å². The third-order valence-electron chi connectivity index (χ3n) is 1.92. The van der Waals surface area contributed by atoms with Crippen LogP contribution in [0.5, 0.6) is 5.75 Å². The number of benzene rings is 1. The van der Waals surface area contributed by atoms with Crippen LogP contribution in [0.3, 0.4) is 0 Å². The van der Waals surface area contributed by atoms with Crippen LogP contribution in [0.25, 0.3) is 0 Å². The molecule has 1 rings (SSSR count). The van der Waals surface area contributed by atoms with E-state index in [1.807, 2.05) is 0 Å². The summed E-state index contributed by atoms with van der Waals surface area (Å²) < 4.78 is 5.00. The Morgan fingerprint density at radius 3 is 2.94 bits per heavy atom. The zero-order valence-corrected chi connectivity index (χ0v) is 9.86. The van der Waals surface area contributed by atoms with Gasteiger partial charge in [0.2, 0.25) is 5.91 Å². The normalized spacial score (nSPS) is 11.1. The second-order valence-corrected chi connectivity index (χ2v) is 3.57. The number of methoxy groups -OCH3 is 1. The number of hydrogen-bond donors (Lipinski definition) is 3. The quantitative estimate of drug-likeness (QED) is 0.329. The lowest BCUT2D eigenvalue weighted by molar-refractivity contribution is -0.115. The first kappa shape index (κ1) is 13.1. The number of hydrogen-bond acceptors (Lipinski definition) is 4. The molecule has 6 nitrogen and oxygen atoms in total. The first-order chi connectivity index (χ1) is 8.06. The highest BCUT2D eigenvalue weighted by atomic mass is 35.5. The van der Waals surface area contributed by atoms with Gasteiger partial charge in [0, 0.05) is 6.07 Å². The van der Waals surface area contributed by atoms with Crippen LogP contribution in [0.1, 0.15) is 6.42 Å². The summed E-state index contributed by atoms with van der Waals surface area (Å²) in [6.45, 7) is 0. The lowest BCUT2D eigenvalue weighted by Crippen LogP contribution is -2.22. The minimum absolute atomic E-state index is 0.179. The van der Waals surface area contributed by atoms with E-state index in [9.17, 15) is 4.79 Å². The molecule has 0 unspecified atom stereocenters. The smallest absolute Gasteiger partial charge is 0.232 e. The SMILES string of the molecule is COc1ccc(Cl)c(NC(=O)CC(N)=NO)c1. The minimum Gasteiger partial charge on any atom is -0.497 e. The van der Waals surface area contributed by atoms with Crippen LogP contribution >= 0.6 is 11.6 Å². The maximum Gasteiger partial charge on any atom is 0.232 e. The largest absolute Gasteiger partial charge is 0.497 e. The van der Waals surface area contributed by atoms with Crippen molar-refractivity contribution in [2.24, 2.45) is 10.9 Å². The number of carbonyl (C=O) groups excluding carboxylic acids is 1. The van der Waals surface area contributed by atoms with Crippen LogP contribution in [0.2, 0.25) is 5.02 Å². The Bertz CT molecular complexity index is 448. The second kappa shape index (κ2) is 5.95. The summed E-state index contributed by atoms with van der Waals surface area (Å²) in [5.41, 5.74) is 5.61. The highest BCUT2D eigenvalue weighted by Gasteiger charge is 2.09. The number of amides is 1. The third-order valence-corrected chi connectivity index (χ3v) is 2.25. The molecule has 1 aromatic rings. The van der Waals surface area contributed by atoms with Gasteiger partial charge in [-0.25, -0.2) is 0 Å². The van der Waals surface area contributed by atoms with Crippen molar-refractivity contribution in [2.75, 3.05) is 12.4 Å². The Hall–Kier alpha value is -1.95. The van der Waals surface area contributed by atoms with Crippen molar-refractivity contribution in [1.82, 2.24) is 0 Å². The van der Waals surface area contributed by atoms with Gasteiger partial charge in [-0.05, 0) is 12.1 Å². The van der Waals surface area contributed by atoms with E-state index in [2.05, 4.69) is 10.5 Å². The molecule has 0 aliphatic heterocycles. The summed E-state index contributed by atoms with van der Waals surface area (Å²) in [4.78, 5) is 11.5. The molecule has 0 bridgehead atoms. The van der Waals surface area contributed by atoms with Crippen LogP contribution < -0.4 is 15.8 Å². The molecule has 1 aromatic carbocycles. The Kier molecular flexibility index (Phi) is 4.59. The van der Waals surface area contributed by atoms with E-state index in [1.165, 1.54) is 7.11 Å². The Balaban J connectivity index is 2.77. The van der Waals surface area contributed by atoms with Gasteiger partial charge >= 0.3 is 0 Å². The molecule has 92 valence electrons. The van der Waals surface area contributed by atoms with Crippen molar-refractivity contribution in [3.63, 3.8) is 0 Å². The number of amidine groups is 1. The van der Waals surface area contributed by atoms with Crippen LogP contribution in [-0.4, -0.2) is 24.1 Å². The number of carbonyl (C=O) groups is 1. The Morgan fingerprint density at radius 2 is 2.35 bits per heavy atom. The molecule has 7 heteroatoms. The first-order valence-electron chi connectivity index (χ1n) is 4.66. The number of nitrogens with zero attached hydrogens (tertiary/aromatic N) is 1. The fraction of sp³-hybridized carbons (Fsp3) is 0.200. The van der Waals surface area contributed by atoms with Gasteiger partial charge in [0.25, 0.3) is 0 Å². The van der Waals surface area contributed by atoms with E-state index in [-0.39, 0.29) is 12.3 Å². The number of halogens is 1. The molecular weight excluding hydrogens is 246 g/mol. The standard InChI is InChI=1S/C10H12ClN3O3/c1-17-6-2-3-7(11)8(4-6)13-10(15)5-9(12)14-16/h2-4,16H,5H2,1H3,(H2,12,14)(H,13,15). The van der Waals surface area contributed by atoms with Gasteiger partial charge in [0.15, 0.2) is 0 Å². The summed E-state index contributed by atoms with van der Waals surface area (Å²) in [7, 11) is 1.51. The van der Waals surface area contributed by atoms with E-state index in [0.717, 1.165) is 0 Å². The average Bonchev–Trinajstić information content (AvgIpc) is 2.31. The van der Waals surface area contributed by atoms with Crippen LogP contribution in [-0.2, 0) is 4.79 Å². The van der Waals surface area contributed by atoms with Gasteiger partial charge < -0.3 is 21.0 Å². The molecule has 0 fully saturated rings. The number of nitrogens with two attached hydrogens (primary N) is 1. The lowest BCUT2D eigenvalue weighted by Gasteiger charge is -2.08. The van der Waals surface area contributed by atoms with Crippen LogP contribution in [0.4, 0.5) is 5.69 Å². The summed E-state index contributed by atoms with van der Waals surface area (Å²) >= 11 is 5.89. The van der Waals surface area contributed by atoms with E-state index >= 15 is 0 Å². The Labute approximate surface area is 103 Å². The number of rotatable bonds is 4. The molecule has 0 aliphatic carbocycles. The topological polar surface area (TPSA) is 96.9 Å². The fourth-order valence-corrected chi connectivity index (χ4v) is 1.29. The molecule has 0 aromatic heterocycles. The zero-order valence-electron chi connectivity index (χ0n) is 9.11. The predicted octanol–water partition coefficient (Wildman–Crippen LogP) is 1.42. The first-order valence-corrected chi connectivity index (χ1v) is 5.04. The van der Waals surface area contributed by atoms with E-state index in [4.69, 9.17) is 27.3 Å². The van der Waals surface area contributed by atoms with Crippen LogP contribution in [0.15, 0.2) is 23.4 Å². The van der Waals surface area contributed by atoms with Crippen LogP contribution in [0, 0.1) is 0 Å². The van der Waals surface area contributed by atoms with Crippen molar-refractivity contribution in [3.05, 3.63) is 23.2 Å². The molecule has 1 amide bonds. The van der Waals surface area contributed by atoms with Gasteiger partial charge in [-0.3, -0.25) is 4.79 Å². The third kappa shape index (κ3) is 3.84. The number of nitrogens with one attached hydrogen (secondary N) is 1. The van der Waals surface area contributed by atoms with Gasteiger partial charge in [0.05, 0.1) is 24.2 Å². The van der Waals surface area contributed by atoms with E-state index in [0.29, 0.717) is 16.5 Å². The second-order valence-electron chi connectivity index (χ2n) is 3.16. The maximum atomic E-state index is 11.5. The molecule has 0 heterocycles. The minimum atomic E-state index is -0.435. The summed E-state index contributed by atoms with van der Waals surface area (Å²) in [5.74, 6) is -0.0505. The summed E-state index contributed by atoms with van der Waals surface area (Å²) in [6, 6.07) is 4.84. The highest BCUT2D eigenvalue weighted by Crippen LogP contribution is 2.26. The molecular formula is C10H12ClN3O3. The molecule has 0 aliphatic rings. The molecule has 0 atom stereocenters. The van der Waals surface area contributed by atoms with Crippen molar-refractivity contribution < 1.29 is 14.7 Å². The molecule has 4 N–H and O–H groups in total. The average molecular weight is 258 g/mol. The molecule has 0 saturated carbocycles. The number of oxime groups is 1. The van der Waals surface area contributed by atoms with Crippen molar-refractivity contribution in [3.8, 4) is 5.75 Å². The highest BCUT2D eigenvalue weighted by molar-refractivity contribution is 6.33.